The normalized spacial score (nSPS) is 16.9. The Morgan fingerprint density at radius 2 is 1.84 bits per heavy atom. The highest BCUT2D eigenvalue weighted by molar-refractivity contribution is 7.89. The van der Waals surface area contributed by atoms with Gasteiger partial charge in [0.25, 0.3) is 0 Å². The fourth-order valence-electron chi connectivity index (χ4n) is 2.05. The molecule has 0 aromatic carbocycles. The van der Waals surface area contributed by atoms with Gasteiger partial charge in [-0.05, 0) is 13.0 Å². The molecule has 1 aliphatic heterocycles. The number of amides is 1. The van der Waals surface area contributed by atoms with E-state index >= 15 is 0 Å². The molecule has 8 heteroatoms. The summed E-state index contributed by atoms with van der Waals surface area (Å²) in [5.74, 6) is -0.695. The number of hydrogen-bond donors (Lipinski definition) is 1. The summed E-state index contributed by atoms with van der Waals surface area (Å²) in [7, 11) is -3.46. The smallest absolute Gasteiger partial charge is 0.239 e. The molecule has 6 nitrogen and oxygen atoms in total. The van der Waals surface area contributed by atoms with Crippen molar-refractivity contribution in [2.24, 2.45) is 0 Å². The standard InChI is InChI=1S/C11H23N3O3S.ClH/c1-3-14(4-2)18(16,17)10-11(15)13-8-5-6-12-7-9-13;/h12H,3-10H2,1-2H3;1H. The highest BCUT2D eigenvalue weighted by atomic mass is 35.5. The molecular formula is C11H24ClN3O3S. The van der Waals surface area contributed by atoms with Gasteiger partial charge in [0.15, 0.2) is 0 Å². The van der Waals surface area contributed by atoms with E-state index in [-0.39, 0.29) is 18.3 Å². The van der Waals surface area contributed by atoms with E-state index in [0.717, 1.165) is 19.5 Å². The van der Waals surface area contributed by atoms with Crippen LogP contribution in [0.5, 0.6) is 0 Å². The summed E-state index contributed by atoms with van der Waals surface area (Å²) < 4.78 is 25.3. The molecule has 0 saturated carbocycles. The maximum atomic E-state index is 12.0. The van der Waals surface area contributed by atoms with Crippen LogP contribution in [0.25, 0.3) is 0 Å². The van der Waals surface area contributed by atoms with Crippen LogP contribution < -0.4 is 5.32 Å². The van der Waals surface area contributed by atoms with Crippen molar-refractivity contribution in [2.45, 2.75) is 20.3 Å². The molecule has 0 spiro atoms. The molecule has 19 heavy (non-hydrogen) atoms. The summed E-state index contributed by atoms with van der Waals surface area (Å²) in [6.07, 6.45) is 0.872. The maximum absolute atomic E-state index is 12.0. The summed E-state index contributed by atoms with van der Waals surface area (Å²) in [4.78, 5) is 13.6. The molecule has 0 aliphatic carbocycles. The lowest BCUT2D eigenvalue weighted by atomic mass is 10.4. The zero-order valence-corrected chi connectivity index (χ0v) is 13.2. The van der Waals surface area contributed by atoms with E-state index in [9.17, 15) is 13.2 Å². The van der Waals surface area contributed by atoms with Gasteiger partial charge in [-0.15, -0.1) is 12.4 Å². The number of sulfonamides is 1. The van der Waals surface area contributed by atoms with Crippen LogP contribution in [0.4, 0.5) is 0 Å². The third-order valence-electron chi connectivity index (χ3n) is 3.10. The number of halogens is 1. The monoisotopic (exact) mass is 313 g/mol. The topological polar surface area (TPSA) is 69.7 Å². The number of nitrogens with zero attached hydrogens (tertiary/aromatic N) is 2. The Labute approximate surface area is 122 Å². The van der Waals surface area contributed by atoms with Crippen LogP contribution in [-0.2, 0) is 14.8 Å². The Morgan fingerprint density at radius 1 is 1.21 bits per heavy atom. The predicted molar refractivity (Wildman–Crippen MR) is 78.0 cm³/mol. The Balaban J connectivity index is 0.00000324. The van der Waals surface area contributed by atoms with Crippen molar-refractivity contribution in [2.75, 3.05) is 45.0 Å². The molecule has 114 valence electrons. The van der Waals surface area contributed by atoms with Gasteiger partial charge in [0.1, 0.15) is 5.75 Å². The molecular weight excluding hydrogens is 290 g/mol. The van der Waals surface area contributed by atoms with Crippen molar-refractivity contribution in [1.29, 1.82) is 0 Å². The van der Waals surface area contributed by atoms with E-state index in [1.54, 1.807) is 18.7 Å². The lowest BCUT2D eigenvalue weighted by molar-refractivity contribution is -0.128. The molecule has 0 atom stereocenters. The van der Waals surface area contributed by atoms with E-state index in [1.165, 1.54) is 4.31 Å². The lowest BCUT2D eigenvalue weighted by Crippen LogP contribution is -2.42. The molecule has 1 N–H and O–H groups in total. The number of rotatable bonds is 5. The molecule has 0 aromatic heterocycles. The predicted octanol–water partition coefficient (Wildman–Crippen LogP) is -0.0983. The fraction of sp³-hybridized carbons (Fsp3) is 0.909. The van der Waals surface area contributed by atoms with Crippen molar-refractivity contribution >= 4 is 28.3 Å². The molecule has 0 unspecified atom stereocenters. The Bertz CT molecular complexity index is 363. The number of hydrogen-bond acceptors (Lipinski definition) is 4. The molecule has 0 bridgehead atoms. The van der Waals surface area contributed by atoms with Gasteiger partial charge in [-0.1, -0.05) is 13.8 Å². The highest BCUT2D eigenvalue weighted by Crippen LogP contribution is 2.04. The minimum Gasteiger partial charge on any atom is -0.340 e. The van der Waals surface area contributed by atoms with Crippen molar-refractivity contribution in [1.82, 2.24) is 14.5 Å². The Hall–Kier alpha value is -0.370. The average Bonchev–Trinajstić information content (AvgIpc) is 2.57. The maximum Gasteiger partial charge on any atom is 0.239 e. The van der Waals surface area contributed by atoms with E-state index in [1.807, 2.05) is 0 Å². The van der Waals surface area contributed by atoms with Crippen molar-refractivity contribution in [3.63, 3.8) is 0 Å². The van der Waals surface area contributed by atoms with E-state index in [0.29, 0.717) is 26.2 Å². The largest absolute Gasteiger partial charge is 0.340 e. The molecule has 1 heterocycles. The van der Waals surface area contributed by atoms with Crippen LogP contribution in [-0.4, -0.2) is 68.6 Å². The van der Waals surface area contributed by atoms with Crippen LogP contribution in [0.2, 0.25) is 0 Å². The van der Waals surface area contributed by atoms with Crippen LogP contribution in [0.1, 0.15) is 20.3 Å². The second-order valence-corrected chi connectivity index (χ2v) is 6.29. The van der Waals surface area contributed by atoms with Crippen LogP contribution in [0, 0.1) is 0 Å². The zero-order valence-electron chi connectivity index (χ0n) is 11.6. The first-order valence-corrected chi connectivity index (χ1v) is 8.08. The molecule has 1 saturated heterocycles. The Kier molecular flexibility index (Phi) is 8.56. The van der Waals surface area contributed by atoms with Gasteiger partial charge in [-0.2, -0.15) is 0 Å². The summed E-state index contributed by atoms with van der Waals surface area (Å²) in [5.41, 5.74) is 0. The van der Waals surface area contributed by atoms with E-state index in [4.69, 9.17) is 0 Å². The second-order valence-electron chi connectivity index (χ2n) is 4.32. The molecule has 0 aromatic rings. The van der Waals surface area contributed by atoms with Crippen molar-refractivity contribution in [3.05, 3.63) is 0 Å². The molecule has 1 fully saturated rings. The van der Waals surface area contributed by atoms with Gasteiger partial charge in [-0.25, -0.2) is 12.7 Å². The first-order chi connectivity index (χ1) is 8.51. The van der Waals surface area contributed by atoms with Gasteiger partial charge >= 0.3 is 0 Å². The van der Waals surface area contributed by atoms with Crippen molar-refractivity contribution in [3.8, 4) is 0 Å². The third kappa shape index (κ3) is 5.64. The van der Waals surface area contributed by atoms with Gasteiger partial charge < -0.3 is 10.2 Å². The van der Waals surface area contributed by atoms with Gasteiger partial charge in [0.2, 0.25) is 15.9 Å². The average molecular weight is 314 g/mol. The van der Waals surface area contributed by atoms with Gasteiger partial charge in [-0.3, -0.25) is 4.79 Å². The minimum atomic E-state index is -3.46. The number of carbonyl (C=O) groups excluding carboxylic acids is 1. The number of carbonyl (C=O) groups is 1. The third-order valence-corrected chi connectivity index (χ3v) is 5.01. The van der Waals surface area contributed by atoms with Gasteiger partial charge in [0, 0.05) is 32.7 Å². The minimum absolute atomic E-state index is 0. The van der Waals surface area contributed by atoms with Gasteiger partial charge in [0.05, 0.1) is 0 Å². The van der Waals surface area contributed by atoms with Crippen molar-refractivity contribution < 1.29 is 13.2 Å². The summed E-state index contributed by atoms with van der Waals surface area (Å²) >= 11 is 0. The fourth-order valence-corrected chi connectivity index (χ4v) is 3.51. The SMILES string of the molecule is CCN(CC)S(=O)(=O)CC(=O)N1CCCNCC1.Cl. The second kappa shape index (κ2) is 8.73. The Morgan fingerprint density at radius 3 is 2.42 bits per heavy atom. The molecule has 1 rings (SSSR count). The zero-order chi connectivity index (χ0) is 13.6. The lowest BCUT2D eigenvalue weighted by Gasteiger charge is -2.23. The van der Waals surface area contributed by atoms with Crippen LogP contribution in [0.15, 0.2) is 0 Å². The van der Waals surface area contributed by atoms with E-state index < -0.39 is 15.8 Å². The van der Waals surface area contributed by atoms with Crippen LogP contribution >= 0.6 is 12.4 Å². The summed E-state index contributed by atoms with van der Waals surface area (Å²) in [6.45, 7) is 7.22. The highest BCUT2D eigenvalue weighted by Gasteiger charge is 2.26. The number of nitrogens with one attached hydrogen (secondary N) is 1. The first-order valence-electron chi connectivity index (χ1n) is 6.47. The summed E-state index contributed by atoms with van der Waals surface area (Å²) in [6, 6.07) is 0. The van der Waals surface area contributed by atoms with E-state index in [2.05, 4.69) is 5.32 Å². The van der Waals surface area contributed by atoms with Crippen LogP contribution in [0.3, 0.4) is 0 Å². The summed E-state index contributed by atoms with van der Waals surface area (Å²) in [5, 5.41) is 3.19. The molecule has 1 amide bonds. The molecule has 1 aliphatic rings. The quantitative estimate of drug-likeness (QED) is 0.769. The first kappa shape index (κ1) is 18.6. The molecule has 0 radical (unpaired) electrons.